The van der Waals surface area contributed by atoms with Gasteiger partial charge in [-0.15, -0.1) is 11.3 Å². The van der Waals surface area contributed by atoms with Crippen LogP contribution in [0.25, 0.3) is 0 Å². The van der Waals surface area contributed by atoms with E-state index in [9.17, 15) is 0 Å². The highest BCUT2D eigenvalue weighted by molar-refractivity contribution is 9.10. The standard InChI is InChI=1S/C9H7Br2N3S/c10-6-3-12-9(13-4-6)14-5-8-7(11)1-2-15-8/h1-4H,5H2,(H,12,13,14). The molecule has 0 aliphatic carbocycles. The molecule has 0 bridgehead atoms. The Morgan fingerprint density at radius 3 is 2.60 bits per heavy atom. The van der Waals surface area contributed by atoms with Crippen LogP contribution in [0, 0.1) is 0 Å². The molecular weight excluding hydrogens is 342 g/mol. The molecule has 2 heterocycles. The van der Waals surface area contributed by atoms with Crippen molar-refractivity contribution in [3.8, 4) is 0 Å². The molecule has 0 saturated heterocycles. The van der Waals surface area contributed by atoms with Crippen LogP contribution in [-0.2, 0) is 6.54 Å². The Bertz CT molecular complexity index is 441. The first-order chi connectivity index (χ1) is 7.25. The van der Waals surface area contributed by atoms with E-state index in [4.69, 9.17) is 0 Å². The van der Waals surface area contributed by atoms with Gasteiger partial charge in [-0.05, 0) is 43.3 Å². The second kappa shape index (κ2) is 5.05. The number of rotatable bonds is 3. The van der Waals surface area contributed by atoms with Crippen molar-refractivity contribution in [1.29, 1.82) is 0 Å². The van der Waals surface area contributed by atoms with Crippen LogP contribution in [0.4, 0.5) is 5.95 Å². The third-order valence-electron chi connectivity index (χ3n) is 1.72. The van der Waals surface area contributed by atoms with Crippen molar-refractivity contribution in [3.63, 3.8) is 0 Å². The zero-order chi connectivity index (χ0) is 10.7. The molecule has 0 aliphatic rings. The van der Waals surface area contributed by atoms with Crippen LogP contribution in [0.5, 0.6) is 0 Å². The molecule has 0 fully saturated rings. The largest absolute Gasteiger partial charge is 0.349 e. The maximum Gasteiger partial charge on any atom is 0.222 e. The molecule has 2 aromatic heterocycles. The van der Waals surface area contributed by atoms with E-state index in [1.165, 1.54) is 4.88 Å². The number of hydrogen-bond acceptors (Lipinski definition) is 4. The lowest BCUT2D eigenvalue weighted by molar-refractivity contribution is 1.06. The van der Waals surface area contributed by atoms with Gasteiger partial charge in [-0.2, -0.15) is 0 Å². The summed E-state index contributed by atoms with van der Waals surface area (Å²) in [6.07, 6.45) is 3.44. The summed E-state index contributed by atoms with van der Waals surface area (Å²) in [4.78, 5) is 9.49. The normalized spacial score (nSPS) is 10.3. The quantitative estimate of drug-likeness (QED) is 0.919. The molecule has 0 atom stereocenters. The summed E-state index contributed by atoms with van der Waals surface area (Å²) in [7, 11) is 0. The van der Waals surface area contributed by atoms with E-state index in [2.05, 4.69) is 47.1 Å². The molecule has 2 aromatic rings. The predicted octanol–water partition coefficient (Wildman–Crippen LogP) is 3.68. The maximum absolute atomic E-state index is 4.13. The van der Waals surface area contributed by atoms with Crippen LogP contribution < -0.4 is 5.32 Å². The van der Waals surface area contributed by atoms with E-state index in [0.29, 0.717) is 5.95 Å². The Morgan fingerprint density at radius 1 is 1.27 bits per heavy atom. The van der Waals surface area contributed by atoms with Crippen molar-refractivity contribution in [3.05, 3.63) is 37.7 Å². The van der Waals surface area contributed by atoms with Crippen LogP contribution in [0.15, 0.2) is 32.8 Å². The van der Waals surface area contributed by atoms with Gasteiger partial charge in [-0.1, -0.05) is 0 Å². The lowest BCUT2D eigenvalue weighted by Crippen LogP contribution is -2.01. The number of thiophene rings is 1. The highest BCUT2D eigenvalue weighted by Crippen LogP contribution is 2.23. The predicted molar refractivity (Wildman–Crippen MR) is 69.1 cm³/mol. The SMILES string of the molecule is Brc1cnc(NCc2sccc2Br)nc1. The van der Waals surface area contributed by atoms with Crippen LogP contribution in [-0.4, -0.2) is 9.97 Å². The molecule has 0 spiro atoms. The molecule has 6 heteroatoms. The molecule has 0 amide bonds. The maximum atomic E-state index is 4.13. The van der Waals surface area contributed by atoms with Crippen molar-refractivity contribution in [2.45, 2.75) is 6.54 Å². The Hall–Kier alpha value is -0.460. The molecule has 3 nitrogen and oxygen atoms in total. The van der Waals surface area contributed by atoms with Crippen molar-refractivity contribution in [2.24, 2.45) is 0 Å². The van der Waals surface area contributed by atoms with Gasteiger partial charge in [0.05, 0.1) is 11.0 Å². The topological polar surface area (TPSA) is 37.8 Å². The Morgan fingerprint density at radius 2 is 2.00 bits per heavy atom. The molecule has 15 heavy (non-hydrogen) atoms. The first-order valence-electron chi connectivity index (χ1n) is 4.19. The van der Waals surface area contributed by atoms with Crippen LogP contribution >= 0.6 is 43.2 Å². The molecule has 78 valence electrons. The highest BCUT2D eigenvalue weighted by atomic mass is 79.9. The Balaban J connectivity index is 1.99. The van der Waals surface area contributed by atoms with Gasteiger partial charge in [0.2, 0.25) is 5.95 Å². The van der Waals surface area contributed by atoms with E-state index >= 15 is 0 Å². The average Bonchev–Trinajstić information content (AvgIpc) is 2.63. The fourth-order valence-electron chi connectivity index (χ4n) is 1.01. The molecule has 0 saturated carbocycles. The number of hydrogen-bond donors (Lipinski definition) is 1. The Kier molecular flexibility index (Phi) is 3.71. The van der Waals surface area contributed by atoms with Crippen molar-refractivity contribution in [1.82, 2.24) is 9.97 Å². The van der Waals surface area contributed by atoms with Crippen molar-refractivity contribution in [2.75, 3.05) is 5.32 Å². The van der Waals surface area contributed by atoms with Gasteiger partial charge in [0.1, 0.15) is 0 Å². The zero-order valence-electron chi connectivity index (χ0n) is 7.58. The molecule has 0 unspecified atom stereocenters. The molecule has 0 aromatic carbocycles. The van der Waals surface area contributed by atoms with Crippen LogP contribution in [0.1, 0.15) is 4.88 Å². The first kappa shape index (κ1) is 11.0. The number of aromatic nitrogens is 2. The second-order valence-corrected chi connectivity index (χ2v) is 5.54. The summed E-state index contributed by atoms with van der Waals surface area (Å²) < 4.78 is 2.00. The lowest BCUT2D eigenvalue weighted by atomic mass is 10.5. The molecule has 2 rings (SSSR count). The van der Waals surface area contributed by atoms with E-state index in [-0.39, 0.29) is 0 Å². The number of halogens is 2. The smallest absolute Gasteiger partial charge is 0.222 e. The zero-order valence-corrected chi connectivity index (χ0v) is 11.6. The van der Waals surface area contributed by atoms with Gasteiger partial charge in [0.25, 0.3) is 0 Å². The number of nitrogens with zero attached hydrogens (tertiary/aromatic N) is 2. The van der Waals surface area contributed by atoms with E-state index in [0.717, 1.165) is 15.5 Å². The summed E-state index contributed by atoms with van der Waals surface area (Å²) in [5.41, 5.74) is 0. The van der Waals surface area contributed by atoms with Gasteiger partial charge in [-0.25, -0.2) is 9.97 Å². The van der Waals surface area contributed by atoms with Gasteiger partial charge in [-0.3, -0.25) is 0 Å². The van der Waals surface area contributed by atoms with E-state index in [1.807, 2.05) is 11.4 Å². The van der Waals surface area contributed by atoms with Crippen LogP contribution in [0.3, 0.4) is 0 Å². The van der Waals surface area contributed by atoms with Crippen molar-refractivity contribution >= 4 is 49.1 Å². The fraction of sp³-hybridized carbons (Fsp3) is 0.111. The summed E-state index contributed by atoms with van der Waals surface area (Å²) in [5, 5.41) is 5.20. The summed E-state index contributed by atoms with van der Waals surface area (Å²) >= 11 is 8.46. The minimum atomic E-state index is 0.638. The third kappa shape index (κ3) is 2.99. The van der Waals surface area contributed by atoms with Crippen molar-refractivity contribution < 1.29 is 0 Å². The van der Waals surface area contributed by atoms with Gasteiger partial charge in [0.15, 0.2) is 0 Å². The molecular formula is C9H7Br2N3S. The van der Waals surface area contributed by atoms with Gasteiger partial charge >= 0.3 is 0 Å². The van der Waals surface area contributed by atoms with Gasteiger partial charge in [0, 0.05) is 21.7 Å². The molecule has 1 N–H and O–H groups in total. The lowest BCUT2D eigenvalue weighted by Gasteiger charge is -2.02. The monoisotopic (exact) mass is 347 g/mol. The Labute approximate surface area is 108 Å². The average molecular weight is 349 g/mol. The molecule has 0 radical (unpaired) electrons. The van der Waals surface area contributed by atoms with Crippen LogP contribution in [0.2, 0.25) is 0 Å². The summed E-state index contributed by atoms with van der Waals surface area (Å²) in [5.74, 6) is 0.638. The summed E-state index contributed by atoms with van der Waals surface area (Å²) in [6.45, 7) is 0.736. The molecule has 0 aliphatic heterocycles. The van der Waals surface area contributed by atoms with Gasteiger partial charge < -0.3 is 5.32 Å². The summed E-state index contributed by atoms with van der Waals surface area (Å²) in [6, 6.07) is 2.03. The van der Waals surface area contributed by atoms with E-state index in [1.54, 1.807) is 23.7 Å². The number of nitrogens with one attached hydrogen (secondary N) is 1. The number of anilines is 1. The minimum Gasteiger partial charge on any atom is -0.349 e. The minimum absolute atomic E-state index is 0.638. The first-order valence-corrected chi connectivity index (χ1v) is 6.65. The van der Waals surface area contributed by atoms with E-state index < -0.39 is 0 Å². The third-order valence-corrected chi connectivity index (χ3v) is 4.05. The second-order valence-electron chi connectivity index (χ2n) is 2.77. The highest BCUT2D eigenvalue weighted by Gasteiger charge is 2.01. The fourth-order valence-corrected chi connectivity index (χ4v) is 2.65.